The van der Waals surface area contributed by atoms with Crippen LogP contribution < -0.4 is 0 Å². The van der Waals surface area contributed by atoms with Gasteiger partial charge in [0.1, 0.15) is 0 Å². The molecule has 4 nitrogen and oxygen atoms in total. The Morgan fingerprint density at radius 3 is 2.43 bits per heavy atom. The van der Waals surface area contributed by atoms with E-state index in [0.717, 1.165) is 48.9 Å². The summed E-state index contributed by atoms with van der Waals surface area (Å²) in [6.07, 6.45) is 1.67. The van der Waals surface area contributed by atoms with Gasteiger partial charge in [-0.15, -0.1) is 0 Å². The van der Waals surface area contributed by atoms with Gasteiger partial charge >= 0.3 is 0 Å². The molecule has 1 aliphatic heterocycles. The molecule has 5 heteroatoms. The molecule has 2 aromatic rings. The molecular formula is C25H31ClN2O2. The predicted molar refractivity (Wildman–Crippen MR) is 123 cm³/mol. The molecule has 1 saturated heterocycles. The predicted octanol–water partition coefficient (Wildman–Crippen LogP) is 5.02. The summed E-state index contributed by atoms with van der Waals surface area (Å²) in [5.41, 5.74) is 4.56. The van der Waals surface area contributed by atoms with Crippen LogP contribution >= 0.6 is 11.6 Å². The number of benzene rings is 2. The first-order valence-corrected chi connectivity index (χ1v) is 10.9. The summed E-state index contributed by atoms with van der Waals surface area (Å²) in [5, 5.41) is 0.725. The molecule has 0 unspecified atom stereocenters. The minimum atomic E-state index is -0.0530. The molecule has 160 valence electrons. The number of piperazine rings is 1. The van der Waals surface area contributed by atoms with Crippen molar-refractivity contribution in [1.82, 2.24) is 9.80 Å². The van der Waals surface area contributed by atoms with Crippen molar-refractivity contribution in [3.05, 3.63) is 81.9 Å². The zero-order valence-corrected chi connectivity index (χ0v) is 18.9. The van der Waals surface area contributed by atoms with E-state index in [1.807, 2.05) is 43.0 Å². The molecule has 0 aliphatic carbocycles. The van der Waals surface area contributed by atoms with E-state index in [0.29, 0.717) is 6.61 Å². The topological polar surface area (TPSA) is 32.8 Å². The number of carbonyl (C=O) groups excluding carboxylic acids is 1. The van der Waals surface area contributed by atoms with Crippen LogP contribution in [-0.2, 0) is 16.1 Å². The molecule has 1 atom stereocenters. The van der Waals surface area contributed by atoms with Crippen LogP contribution in [0.3, 0.4) is 0 Å². The first-order chi connectivity index (χ1) is 14.4. The van der Waals surface area contributed by atoms with E-state index in [4.69, 9.17) is 16.3 Å². The summed E-state index contributed by atoms with van der Waals surface area (Å²) in [5.74, 6) is 0.111. The van der Waals surface area contributed by atoms with Crippen molar-refractivity contribution >= 4 is 17.5 Å². The molecular weight excluding hydrogens is 396 g/mol. The molecule has 1 aliphatic rings. The zero-order chi connectivity index (χ0) is 21.5. The summed E-state index contributed by atoms with van der Waals surface area (Å²) in [4.78, 5) is 16.6. The molecule has 3 rings (SSSR count). The maximum Gasteiger partial charge on any atom is 0.246 e. The normalized spacial score (nSPS) is 15.7. The van der Waals surface area contributed by atoms with Crippen molar-refractivity contribution in [2.24, 2.45) is 0 Å². The standard InChI is InChI=1S/C25H31ClN2O2/c1-19(2)15-25(29)28-13-11-27(12-14-28)17-24(22-7-9-23(26)10-8-22)30-18-21-6-4-5-20(3)16-21/h4-10,15-16,24H,11-14,17-18H2,1-3H3/t24-/m0/s1. The number of halogens is 1. The molecule has 0 bridgehead atoms. The lowest BCUT2D eigenvalue weighted by Gasteiger charge is -2.36. The average Bonchev–Trinajstić information content (AvgIpc) is 2.72. The molecule has 1 amide bonds. The lowest BCUT2D eigenvalue weighted by molar-refractivity contribution is -0.128. The van der Waals surface area contributed by atoms with Gasteiger partial charge in [-0.05, 0) is 44.0 Å². The van der Waals surface area contributed by atoms with Gasteiger partial charge in [-0.2, -0.15) is 0 Å². The van der Waals surface area contributed by atoms with E-state index >= 15 is 0 Å². The Morgan fingerprint density at radius 1 is 1.10 bits per heavy atom. The Bertz CT molecular complexity index is 867. The monoisotopic (exact) mass is 426 g/mol. The van der Waals surface area contributed by atoms with E-state index in [1.165, 1.54) is 11.1 Å². The molecule has 0 radical (unpaired) electrons. The highest BCUT2D eigenvalue weighted by atomic mass is 35.5. The number of hydrogen-bond donors (Lipinski definition) is 0. The van der Waals surface area contributed by atoms with E-state index < -0.39 is 0 Å². The molecule has 2 aromatic carbocycles. The van der Waals surface area contributed by atoms with E-state index in [-0.39, 0.29) is 12.0 Å². The van der Waals surface area contributed by atoms with Crippen LogP contribution in [0.25, 0.3) is 0 Å². The largest absolute Gasteiger partial charge is 0.368 e. The van der Waals surface area contributed by atoms with Gasteiger partial charge in [-0.3, -0.25) is 9.69 Å². The van der Waals surface area contributed by atoms with E-state index in [2.05, 4.69) is 36.1 Å². The average molecular weight is 427 g/mol. The quantitative estimate of drug-likeness (QED) is 0.583. The molecule has 0 aromatic heterocycles. The second-order valence-corrected chi connectivity index (χ2v) is 8.62. The van der Waals surface area contributed by atoms with E-state index in [9.17, 15) is 4.79 Å². The smallest absolute Gasteiger partial charge is 0.246 e. The molecule has 0 saturated carbocycles. The maximum atomic E-state index is 12.3. The lowest BCUT2D eigenvalue weighted by atomic mass is 10.1. The van der Waals surface area contributed by atoms with Crippen molar-refractivity contribution in [2.75, 3.05) is 32.7 Å². The van der Waals surface area contributed by atoms with Crippen molar-refractivity contribution in [3.8, 4) is 0 Å². The van der Waals surface area contributed by atoms with Gasteiger partial charge in [0.05, 0.1) is 12.7 Å². The Morgan fingerprint density at radius 2 is 1.80 bits per heavy atom. The molecule has 1 fully saturated rings. The fraction of sp³-hybridized carbons (Fsp3) is 0.400. The van der Waals surface area contributed by atoms with Crippen molar-refractivity contribution in [3.63, 3.8) is 0 Å². The van der Waals surface area contributed by atoms with Gasteiger partial charge in [0.15, 0.2) is 0 Å². The fourth-order valence-electron chi connectivity index (χ4n) is 3.65. The van der Waals surface area contributed by atoms with E-state index in [1.54, 1.807) is 6.08 Å². The third kappa shape index (κ3) is 6.69. The van der Waals surface area contributed by atoms with Gasteiger partial charge in [0.2, 0.25) is 5.91 Å². The highest BCUT2D eigenvalue weighted by Crippen LogP contribution is 2.23. The minimum absolute atomic E-state index is 0.0530. The summed E-state index contributed by atoms with van der Waals surface area (Å²) in [6, 6.07) is 16.3. The lowest BCUT2D eigenvalue weighted by Crippen LogP contribution is -2.49. The third-order valence-electron chi connectivity index (χ3n) is 5.30. The van der Waals surface area contributed by atoms with Crippen LogP contribution in [0.4, 0.5) is 0 Å². The first-order valence-electron chi connectivity index (χ1n) is 10.5. The van der Waals surface area contributed by atoms with Crippen LogP contribution in [0.5, 0.6) is 0 Å². The second kappa shape index (κ2) is 10.8. The van der Waals surface area contributed by atoms with Gasteiger partial charge < -0.3 is 9.64 Å². The van der Waals surface area contributed by atoms with Crippen LogP contribution in [0.15, 0.2) is 60.2 Å². The molecule has 0 spiro atoms. The molecule has 1 heterocycles. The van der Waals surface area contributed by atoms with Crippen LogP contribution in [-0.4, -0.2) is 48.4 Å². The SMILES string of the molecule is CC(C)=CC(=O)N1CCN(C[C@H](OCc2cccc(C)c2)c2ccc(Cl)cc2)CC1. The number of nitrogens with zero attached hydrogens (tertiary/aromatic N) is 2. The number of amides is 1. The van der Waals surface area contributed by atoms with Crippen molar-refractivity contribution < 1.29 is 9.53 Å². The van der Waals surface area contributed by atoms with Gasteiger partial charge in [0.25, 0.3) is 0 Å². The highest BCUT2D eigenvalue weighted by Gasteiger charge is 2.23. The number of carbonyl (C=O) groups is 1. The second-order valence-electron chi connectivity index (χ2n) is 8.19. The van der Waals surface area contributed by atoms with Crippen LogP contribution in [0.2, 0.25) is 5.02 Å². The summed E-state index contributed by atoms with van der Waals surface area (Å²) < 4.78 is 6.36. The van der Waals surface area contributed by atoms with Gasteiger partial charge in [-0.25, -0.2) is 0 Å². The number of allylic oxidation sites excluding steroid dienone is 1. The number of ether oxygens (including phenoxy) is 1. The summed E-state index contributed by atoms with van der Waals surface area (Å²) >= 11 is 6.09. The maximum absolute atomic E-state index is 12.3. The van der Waals surface area contributed by atoms with Gasteiger partial charge in [0, 0.05) is 43.8 Å². The van der Waals surface area contributed by atoms with Crippen molar-refractivity contribution in [2.45, 2.75) is 33.5 Å². The Hall–Kier alpha value is -2.14. The molecule has 0 N–H and O–H groups in total. The number of hydrogen-bond acceptors (Lipinski definition) is 3. The van der Waals surface area contributed by atoms with Crippen LogP contribution in [0, 0.1) is 6.92 Å². The van der Waals surface area contributed by atoms with Crippen molar-refractivity contribution in [1.29, 1.82) is 0 Å². The Kier molecular flexibility index (Phi) is 8.08. The summed E-state index contributed by atoms with van der Waals surface area (Å²) in [7, 11) is 0. The minimum Gasteiger partial charge on any atom is -0.368 e. The Labute approximate surface area is 185 Å². The number of aryl methyl sites for hydroxylation is 1. The highest BCUT2D eigenvalue weighted by molar-refractivity contribution is 6.30. The number of rotatable bonds is 7. The first kappa shape index (κ1) is 22.5. The van der Waals surface area contributed by atoms with Gasteiger partial charge in [-0.1, -0.05) is 59.1 Å². The summed E-state index contributed by atoms with van der Waals surface area (Å²) in [6.45, 7) is 10.5. The fourth-order valence-corrected chi connectivity index (χ4v) is 3.78. The Balaban J connectivity index is 1.63. The third-order valence-corrected chi connectivity index (χ3v) is 5.55. The van der Waals surface area contributed by atoms with Crippen LogP contribution in [0.1, 0.15) is 36.6 Å². The molecule has 30 heavy (non-hydrogen) atoms. The zero-order valence-electron chi connectivity index (χ0n) is 18.1.